The van der Waals surface area contributed by atoms with E-state index in [0.717, 1.165) is 15.6 Å². The predicted molar refractivity (Wildman–Crippen MR) is 114 cm³/mol. The molecule has 7 nitrogen and oxygen atoms in total. The summed E-state index contributed by atoms with van der Waals surface area (Å²) in [5.41, 5.74) is 2.56. The first-order valence-electron chi connectivity index (χ1n) is 9.56. The van der Waals surface area contributed by atoms with Crippen LogP contribution in [0.25, 0.3) is 16.6 Å². The highest BCUT2D eigenvalue weighted by Crippen LogP contribution is 2.21. The molecule has 0 aliphatic rings. The van der Waals surface area contributed by atoms with Crippen molar-refractivity contribution in [3.8, 4) is 0 Å². The zero-order valence-corrected chi connectivity index (χ0v) is 17.8. The molecule has 1 amide bonds. The van der Waals surface area contributed by atoms with Crippen LogP contribution >= 0.6 is 15.9 Å². The number of rotatable bonds is 6. The molecule has 0 aliphatic heterocycles. The van der Waals surface area contributed by atoms with Crippen molar-refractivity contribution in [1.82, 2.24) is 19.5 Å². The van der Waals surface area contributed by atoms with Gasteiger partial charge in [0.15, 0.2) is 5.58 Å². The molecule has 0 unspecified atom stereocenters. The van der Waals surface area contributed by atoms with Crippen molar-refractivity contribution in [2.24, 2.45) is 0 Å². The third kappa shape index (κ3) is 3.48. The highest BCUT2D eigenvalue weighted by molar-refractivity contribution is 9.10. The third-order valence-corrected chi connectivity index (χ3v) is 5.48. The summed E-state index contributed by atoms with van der Waals surface area (Å²) in [4.78, 5) is 26.0. The van der Waals surface area contributed by atoms with E-state index in [1.165, 1.54) is 4.68 Å². The minimum Gasteiger partial charge on any atom is -0.463 e. The van der Waals surface area contributed by atoms with Crippen LogP contribution in [0.2, 0.25) is 0 Å². The Balaban J connectivity index is 1.70. The molecule has 8 heteroatoms. The van der Waals surface area contributed by atoms with Crippen LogP contribution in [-0.4, -0.2) is 20.1 Å². The number of carbonyl (C=O) groups is 1. The van der Waals surface area contributed by atoms with E-state index in [2.05, 4.69) is 26.3 Å². The van der Waals surface area contributed by atoms with Crippen molar-refractivity contribution in [3.05, 3.63) is 68.9 Å². The molecule has 150 valence electrons. The largest absolute Gasteiger partial charge is 0.463 e. The Morgan fingerprint density at radius 3 is 2.79 bits per heavy atom. The van der Waals surface area contributed by atoms with Gasteiger partial charge in [-0.2, -0.15) is 5.10 Å². The summed E-state index contributed by atoms with van der Waals surface area (Å²) in [6.45, 7) is 4.22. The molecule has 3 heterocycles. The van der Waals surface area contributed by atoms with Gasteiger partial charge >= 0.3 is 0 Å². The Hall–Kier alpha value is -2.87. The molecule has 29 heavy (non-hydrogen) atoms. The Morgan fingerprint density at radius 2 is 2.07 bits per heavy atom. The molecule has 4 rings (SSSR count). The second-order valence-corrected chi connectivity index (χ2v) is 7.74. The van der Waals surface area contributed by atoms with Crippen LogP contribution in [0.15, 0.2) is 56.3 Å². The van der Waals surface area contributed by atoms with E-state index in [-0.39, 0.29) is 11.5 Å². The molecule has 1 atom stereocenters. The van der Waals surface area contributed by atoms with Gasteiger partial charge in [-0.05, 0) is 24.1 Å². The van der Waals surface area contributed by atoms with Crippen molar-refractivity contribution < 1.29 is 9.21 Å². The lowest BCUT2D eigenvalue weighted by Crippen LogP contribution is -2.39. The Bertz CT molecular complexity index is 1250. The van der Waals surface area contributed by atoms with Crippen molar-refractivity contribution in [3.63, 3.8) is 0 Å². The van der Waals surface area contributed by atoms with E-state index < -0.39 is 6.04 Å². The first-order valence-corrected chi connectivity index (χ1v) is 10.3. The lowest BCUT2D eigenvalue weighted by Gasteiger charge is -2.18. The van der Waals surface area contributed by atoms with Gasteiger partial charge < -0.3 is 9.73 Å². The second kappa shape index (κ2) is 7.87. The smallest absolute Gasteiger partial charge is 0.291 e. The fraction of sp³-hybridized carbons (Fsp3) is 0.286. The fourth-order valence-electron chi connectivity index (χ4n) is 3.56. The number of nitrogens with one attached hydrogen (secondary N) is 1. The molecule has 0 saturated heterocycles. The van der Waals surface area contributed by atoms with Gasteiger partial charge in [0.05, 0.1) is 11.8 Å². The summed E-state index contributed by atoms with van der Waals surface area (Å²) in [7, 11) is 0. The molecule has 0 fully saturated rings. The first kappa shape index (κ1) is 19.4. The maximum atomic E-state index is 13.1. The van der Waals surface area contributed by atoms with Crippen molar-refractivity contribution >= 4 is 38.5 Å². The molecule has 0 radical (unpaired) electrons. The summed E-state index contributed by atoms with van der Waals surface area (Å²) in [5, 5.41) is 7.46. The van der Waals surface area contributed by atoms with Crippen LogP contribution in [0.1, 0.15) is 37.7 Å². The van der Waals surface area contributed by atoms with Gasteiger partial charge in [0, 0.05) is 29.6 Å². The molecule has 0 saturated carbocycles. The average Bonchev–Trinajstić information content (AvgIpc) is 3.30. The molecule has 0 aliphatic carbocycles. The second-order valence-electron chi connectivity index (χ2n) is 6.83. The number of halogens is 1. The standard InChI is InChI=1S/C21H21BrN4O3/c1-3-15(20(27)23-12-13-6-5-7-14(22)10-13)26-21(28)17-11-18-16(8-9-29-18)25(17)19(4-2)24-26/h5-11,15H,3-4,12H2,1-2H3,(H,23,27)/t15-/m1/s1. The molecule has 0 bridgehead atoms. The number of hydrogen-bond donors (Lipinski definition) is 1. The summed E-state index contributed by atoms with van der Waals surface area (Å²) in [6.07, 6.45) is 2.65. The summed E-state index contributed by atoms with van der Waals surface area (Å²) < 4.78 is 9.52. The van der Waals surface area contributed by atoms with Crippen molar-refractivity contribution in [1.29, 1.82) is 0 Å². The monoisotopic (exact) mass is 456 g/mol. The molecule has 1 aromatic carbocycles. The molecule has 3 aromatic heterocycles. The zero-order chi connectivity index (χ0) is 20.5. The van der Waals surface area contributed by atoms with E-state index in [1.54, 1.807) is 12.3 Å². The van der Waals surface area contributed by atoms with Crippen LogP contribution in [0.5, 0.6) is 0 Å². The highest BCUT2D eigenvalue weighted by atomic mass is 79.9. The Morgan fingerprint density at radius 1 is 1.24 bits per heavy atom. The van der Waals surface area contributed by atoms with Gasteiger partial charge in [-0.15, -0.1) is 0 Å². The third-order valence-electron chi connectivity index (χ3n) is 4.99. The summed E-state index contributed by atoms with van der Waals surface area (Å²) in [5.74, 6) is 0.470. The maximum Gasteiger partial charge on any atom is 0.291 e. The van der Waals surface area contributed by atoms with Gasteiger partial charge in [-0.1, -0.05) is 41.9 Å². The lowest BCUT2D eigenvalue weighted by molar-refractivity contribution is -0.125. The number of benzene rings is 1. The molecule has 4 aromatic rings. The van der Waals surface area contributed by atoms with Gasteiger partial charge in [-0.25, -0.2) is 4.68 Å². The number of fused-ring (bicyclic) bond motifs is 3. The Kier molecular flexibility index (Phi) is 5.27. The first-order chi connectivity index (χ1) is 14.0. The van der Waals surface area contributed by atoms with Crippen LogP contribution in [0.4, 0.5) is 0 Å². The Labute approximate surface area is 175 Å². The van der Waals surface area contributed by atoms with Crippen LogP contribution < -0.4 is 10.9 Å². The van der Waals surface area contributed by atoms with E-state index in [4.69, 9.17) is 4.42 Å². The normalized spacial score (nSPS) is 12.5. The van der Waals surface area contributed by atoms with E-state index in [0.29, 0.717) is 36.3 Å². The van der Waals surface area contributed by atoms with Crippen LogP contribution in [0.3, 0.4) is 0 Å². The minimum absolute atomic E-state index is 0.233. The predicted octanol–water partition coefficient (Wildman–Crippen LogP) is 3.83. The average molecular weight is 457 g/mol. The van der Waals surface area contributed by atoms with Gasteiger partial charge in [0.25, 0.3) is 5.56 Å². The number of nitrogens with zero attached hydrogens (tertiary/aromatic N) is 3. The lowest BCUT2D eigenvalue weighted by atomic mass is 10.2. The molecular weight excluding hydrogens is 436 g/mol. The zero-order valence-electron chi connectivity index (χ0n) is 16.2. The van der Waals surface area contributed by atoms with E-state index in [9.17, 15) is 9.59 Å². The fourth-order valence-corrected chi connectivity index (χ4v) is 4.00. The number of carbonyl (C=O) groups excluding carboxylic acids is 1. The van der Waals surface area contributed by atoms with Crippen molar-refractivity contribution in [2.75, 3.05) is 0 Å². The summed E-state index contributed by atoms with van der Waals surface area (Å²) >= 11 is 3.43. The molecular formula is C21H21BrN4O3. The van der Waals surface area contributed by atoms with Gasteiger partial charge in [0.1, 0.15) is 17.4 Å². The molecule has 1 N–H and O–H groups in total. The minimum atomic E-state index is -0.689. The maximum absolute atomic E-state index is 13.1. The van der Waals surface area contributed by atoms with Crippen LogP contribution in [0, 0.1) is 0 Å². The number of aromatic nitrogens is 3. The van der Waals surface area contributed by atoms with E-state index >= 15 is 0 Å². The topological polar surface area (TPSA) is 81.5 Å². The number of aryl methyl sites for hydroxylation is 1. The van der Waals surface area contributed by atoms with Crippen molar-refractivity contribution in [2.45, 2.75) is 39.3 Å². The van der Waals surface area contributed by atoms with E-state index in [1.807, 2.05) is 48.6 Å². The summed E-state index contributed by atoms with van der Waals surface area (Å²) in [6, 6.07) is 10.6. The number of furan rings is 1. The van der Waals surface area contributed by atoms with Crippen LogP contribution in [-0.2, 0) is 17.8 Å². The number of amides is 1. The van der Waals surface area contributed by atoms with Gasteiger partial charge in [-0.3, -0.25) is 14.0 Å². The number of hydrogen-bond acceptors (Lipinski definition) is 4. The molecule has 0 spiro atoms. The highest BCUT2D eigenvalue weighted by Gasteiger charge is 2.24. The SMILES string of the molecule is CCc1nn([C@H](CC)C(=O)NCc2cccc(Br)c2)c(=O)c2cc3occc3n12. The quantitative estimate of drug-likeness (QED) is 0.477. The van der Waals surface area contributed by atoms with Gasteiger partial charge in [0.2, 0.25) is 5.91 Å².